The molecule has 0 heterocycles. The number of likely N-dealkylation sites (N-methyl/N-ethyl adjacent to an activating group) is 1. The van der Waals surface area contributed by atoms with Gasteiger partial charge in [-0.25, -0.2) is 12.8 Å². The molecule has 0 atom stereocenters. The maximum Gasteiger partial charge on any atom is 0.242 e. The van der Waals surface area contributed by atoms with Crippen LogP contribution in [0.3, 0.4) is 0 Å². The van der Waals surface area contributed by atoms with Gasteiger partial charge < -0.3 is 10.1 Å². The number of hydrogen-bond donors (Lipinski definition) is 1. The van der Waals surface area contributed by atoms with Crippen molar-refractivity contribution < 1.29 is 17.5 Å². The first-order valence-corrected chi connectivity index (χ1v) is 7.25. The Labute approximate surface area is 113 Å². The number of benzene rings is 1. The Balaban J connectivity index is 3.04. The minimum atomic E-state index is -3.61. The summed E-state index contributed by atoms with van der Waals surface area (Å²) in [6, 6.07) is 3.79. The monoisotopic (exact) mass is 290 g/mol. The average molecular weight is 290 g/mol. The van der Waals surface area contributed by atoms with Crippen molar-refractivity contribution in [2.75, 3.05) is 34.4 Å². The first-order chi connectivity index (χ1) is 8.93. The quantitative estimate of drug-likeness (QED) is 0.807. The Kier molecular flexibility index (Phi) is 5.86. The standard InChI is InChI=1S/C12H19FN2O3S/c1-14-9-10-8-11(4-5-12(10)13)19(16,17)15(2)6-7-18-3/h4-5,8,14H,6-7,9H2,1-3H3. The van der Waals surface area contributed by atoms with E-state index in [1.165, 1.54) is 36.7 Å². The van der Waals surface area contributed by atoms with E-state index in [1.54, 1.807) is 7.05 Å². The van der Waals surface area contributed by atoms with Gasteiger partial charge in [-0.1, -0.05) is 0 Å². The molecule has 1 N–H and O–H groups in total. The third-order valence-corrected chi connectivity index (χ3v) is 4.56. The third kappa shape index (κ3) is 3.97. The summed E-state index contributed by atoms with van der Waals surface area (Å²) >= 11 is 0. The molecule has 0 bridgehead atoms. The van der Waals surface area contributed by atoms with Gasteiger partial charge >= 0.3 is 0 Å². The second kappa shape index (κ2) is 6.95. The normalized spacial score (nSPS) is 12.1. The van der Waals surface area contributed by atoms with Gasteiger partial charge in [0.05, 0.1) is 11.5 Å². The molecule has 0 saturated carbocycles. The molecule has 0 amide bonds. The summed E-state index contributed by atoms with van der Waals surface area (Å²) in [5.74, 6) is -0.423. The molecule has 0 aromatic heterocycles. The lowest BCUT2D eigenvalue weighted by Crippen LogP contribution is -2.30. The first-order valence-electron chi connectivity index (χ1n) is 5.81. The van der Waals surface area contributed by atoms with Gasteiger partial charge in [0.25, 0.3) is 0 Å². The van der Waals surface area contributed by atoms with Crippen LogP contribution in [0, 0.1) is 5.82 Å². The van der Waals surface area contributed by atoms with Crippen LogP contribution in [-0.2, 0) is 21.3 Å². The van der Waals surface area contributed by atoms with E-state index in [0.29, 0.717) is 12.2 Å². The summed E-state index contributed by atoms with van der Waals surface area (Å²) in [5, 5.41) is 2.80. The van der Waals surface area contributed by atoms with Crippen LogP contribution in [0.15, 0.2) is 23.1 Å². The van der Waals surface area contributed by atoms with Gasteiger partial charge in [-0.15, -0.1) is 0 Å². The van der Waals surface area contributed by atoms with E-state index >= 15 is 0 Å². The predicted molar refractivity (Wildman–Crippen MR) is 70.9 cm³/mol. The highest BCUT2D eigenvalue weighted by Crippen LogP contribution is 2.18. The van der Waals surface area contributed by atoms with Crippen molar-refractivity contribution >= 4 is 10.0 Å². The lowest BCUT2D eigenvalue weighted by atomic mass is 10.2. The Morgan fingerprint density at radius 3 is 2.68 bits per heavy atom. The van der Waals surface area contributed by atoms with Crippen LogP contribution < -0.4 is 5.32 Å². The van der Waals surface area contributed by atoms with Crippen LogP contribution in [0.5, 0.6) is 0 Å². The highest BCUT2D eigenvalue weighted by Gasteiger charge is 2.21. The maximum atomic E-state index is 13.5. The molecular weight excluding hydrogens is 271 g/mol. The summed E-state index contributed by atoms with van der Waals surface area (Å²) in [6.45, 7) is 0.828. The molecule has 0 radical (unpaired) electrons. The zero-order valence-corrected chi connectivity index (χ0v) is 12.1. The number of sulfonamides is 1. The molecular formula is C12H19FN2O3S. The van der Waals surface area contributed by atoms with Crippen molar-refractivity contribution in [3.8, 4) is 0 Å². The number of rotatable bonds is 7. The molecule has 0 aliphatic carbocycles. The summed E-state index contributed by atoms with van der Waals surface area (Å²) in [5.41, 5.74) is 0.323. The summed E-state index contributed by atoms with van der Waals surface area (Å²) in [4.78, 5) is 0.0813. The Hall–Kier alpha value is -1.02. The number of halogens is 1. The van der Waals surface area contributed by atoms with E-state index in [-0.39, 0.29) is 18.0 Å². The molecule has 0 saturated heterocycles. The smallest absolute Gasteiger partial charge is 0.242 e. The van der Waals surface area contributed by atoms with Crippen LogP contribution >= 0.6 is 0 Å². The highest BCUT2D eigenvalue weighted by atomic mass is 32.2. The van der Waals surface area contributed by atoms with E-state index in [2.05, 4.69) is 5.32 Å². The van der Waals surface area contributed by atoms with Crippen LogP contribution in [0.1, 0.15) is 5.56 Å². The Morgan fingerprint density at radius 1 is 1.42 bits per heavy atom. The second-order valence-electron chi connectivity index (χ2n) is 4.10. The minimum absolute atomic E-state index is 0.0813. The van der Waals surface area contributed by atoms with Crippen molar-refractivity contribution in [3.05, 3.63) is 29.6 Å². The van der Waals surface area contributed by atoms with Crippen molar-refractivity contribution in [3.63, 3.8) is 0 Å². The molecule has 5 nitrogen and oxygen atoms in total. The second-order valence-corrected chi connectivity index (χ2v) is 6.15. The zero-order chi connectivity index (χ0) is 14.5. The molecule has 19 heavy (non-hydrogen) atoms. The van der Waals surface area contributed by atoms with Crippen molar-refractivity contribution in [1.82, 2.24) is 9.62 Å². The van der Waals surface area contributed by atoms with Crippen molar-refractivity contribution in [1.29, 1.82) is 0 Å². The van der Waals surface area contributed by atoms with E-state index in [1.807, 2.05) is 0 Å². The van der Waals surface area contributed by atoms with Gasteiger partial charge in [0, 0.05) is 32.8 Å². The fourth-order valence-corrected chi connectivity index (χ4v) is 2.76. The minimum Gasteiger partial charge on any atom is -0.383 e. The van der Waals surface area contributed by atoms with Crippen LogP contribution in [0.2, 0.25) is 0 Å². The zero-order valence-electron chi connectivity index (χ0n) is 11.3. The average Bonchev–Trinajstić information content (AvgIpc) is 2.38. The van der Waals surface area contributed by atoms with Crippen molar-refractivity contribution in [2.45, 2.75) is 11.4 Å². The summed E-state index contributed by atoms with van der Waals surface area (Å²) in [6.07, 6.45) is 0. The molecule has 7 heteroatoms. The topological polar surface area (TPSA) is 58.6 Å². The number of nitrogens with one attached hydrogen (secondary N) is 1. The van der Waals surface area contributed by atoms with Gasteiger partial charge in [-0.05, 0) is 25.2 Å². The molecule has 1 aromatic carbocycles. The van der Waals surface area contributed by atoms with E-state index < -0.39 is 15.8 Å². The molecule has 0 aliphatic heterocycles. The largest absolute Gasteiger partial charge is 0.383 e. The molecule has 1 rings (SSSR count). The molecule has 0 aliphatic rings. The van der Waals surface area contributed by atoms with Gasteiger partial charge in [0.15, 0.2) is 0 Å². The molecule has 0 unspecified atom stereocenters. The van der Waals surface area contributed by atoms with Gasteiger partial charge in [-0.2, -0.15) is 4.31 Å². The summed E-state index contributed by atoms with van der Waals surface area (Å²) in [7, 11) is 1.03. The predicted octanol–water partition coefficient (Wildman–Crippen LogP) is 0.812. The number of methoxy groups -OCH3 is 1. The van der Waals surface area contributed by atoms with E-state index in [9.17, 15) is 12.8 Å². The first kappa shape index (κ1) is 16.0. The lowest BCUT2D eigenvalue weighted by Gasteiger charge is -2.17. The fraction of sp³-hybridized carbons (Fsp3) is 0.500. The van der Waals surface area contributed by atoms with Crippen LogP contribution in [0.25, 0.3) is 0 Å². The molecule has 1 aromatic rings. The molecule has 108 valence electrons. The number of ether oxygens (including phenoxy) is 1. The lowest BCUT2D eigenvalue weighted by molar-refractivity contribution is 0.185. The highest BCUT2D eigenvalue weighted by molar-refractivity contribution is 7.89. The van der Waals surface area contributed by atoms with E-state index in [4.69, 9.17) is 4.74 Å². The molecule has 0 spiro atoms. The third-order valence-electron chi connectivity index (χ3n) is 2.70. The Morgan fingerprint density at radius 2 is 2.11 bits per heavy atom. The number of hydrogen-bond acceptors (Lipinski definition) is 4. The molecule has 0 fully saturated rings. The van der Waals surface area contributed by atoms with Gasteiger partial charge in [0.2, 0.25) is 10.0 Å². The SMILES string of the molecule is CNCc1cc(S(=O)(=O)N(C)CCOC)ccc1F. The fourth-order valence-electron chi connectivity index (χ4n) is 1.56. The van der Waals surface area contributed by atoms with Crippen LogP contribution in [-0.4, -0.2) is 47.1 Å². The van der Waals surface area contributed by atoms with Crippen LogP contribution in [0.4, 0.5) is 4.39 Å². The number of nitrogens with zero attached hydrogens (tertiary/aromatic N) is 1. The maximum absolute atomic E-state index is 13.5. The van der Waals surface area contributed by atoms with Crippen molar-refractivity contribution in [2.24, 2.45) is 0 Å². The van der Waals surface area contributed by atoms with Gasteiger partial charge in [0.1, 0.15) is 5.82 Å². The Bertz CT molecular complexity index is 520. The summed E-state index contributed by atoms with van der Waals surface area (Å²) < 4.78 is 44.0. The van der Waals surface area contributed by atoms with Gasteiger partial charge in [-0.3, -0.25) is 0 Å². The van der Waals surface area contributed by atoms with E-state index in [0.717, 1.165) is 0 Å².